The van der Waals surface area contributed by atoms with Gasteiger partial charge in [-0.05, 0) is 6.07 Å². The quantitative estimate of drug-likeness (QED) is 0.604. The van der Waals surface area contributed by atoms with Gasteiger partial charge in [-0.15, -0.1) is 0 Å². The number of aromatic hydroxyl groups is 1. The molecule has 0 saturated carbocycles. The number of phenolic OH excluding ortho intramolecular Hbond substituents is 1. The van der Waals surface area contributed by atoms with Crippen LogP contribution in [0.15, 0.2) is 18.2 Å². The lowest BCUT2D eigenvalue weighted by Gasteiger charge is -2.10. The molecule has 1 aromatic rings. The van der Waals surface area contributed by atoms with Crippen LogP contribution in [0.1, 0.15) is 11.6 Å². The minimum Gasteiger partial charge on any atom is -0.505 e. The van der Waals surface area contributed by atoms with Gasteiger partial charge in [-0.1, -0.05) is 12.1 Å². The number of hydrogen-bond donors (Lipinski definition) is 3. The van der Waals surface area contributed by atoms with E-state index in [9.17, 15) is 9.50 Å². The Labute approximate surface area is 69.8 Å². The van der Waals surface area contributed by atoms with E-state index in [1.165, 1.54) is 12.1 Å². The fourth-order valence-electron chi connectivity index (χ4n) is 0.958. The Morgan fingerprint density at radius 1 is 1.50 bits per heavy atom. The second-order valence-electron chi connectivity index (χ2n) is 2.52. The van der Waals surface area contributed by atoms with Gasteiger partial charge in [-0.3, -0.25) is 0 Å². The predicted molar refractivity (Wildman–Crippen MR) is 44.0 cm³/mol. The number of rotatable bonds is 2. The second kappa shape index (κ2) is 3.51. The van der Waals surface area contributed by atoms with E-state index in [-0.39, 0.29) is 6.54 Å². The first-order chi connectivity index (χ1) is 5.66. The minimum atomic E-state index is -0.670. The topological polar surface area (TPSA) is 72.3 Å². The van der Waals surface area contributed by atoms with Crippen molar-refractivity contribution >= 4 is 0 Å². The van der Waals surface area contributed by atoms with Gasteiger partial charge in [0.05, 0.1) is 0 Å². The molecule has 66 valence electrons. The predicted octanol–water partition coefficient (Wildman–Crippen LogP) is 0.490. The Morgan fingerprint density at radius 2 is 2.17 bits per heavy atom. The zero-order chi connectivity index (χ0) is 9.14. The molecule has 0 aliphatic rings. The molecule has 0 aliphatic heterocycles. The third-order valence-corrected chi connectivity index (χ3v) is 1.67. The zero-order valence-corrected chi connectivity index (χ0v) is 6.50. The Hall–Kier alpha value is -1.13. The van der Waals surface area contributed by atoms with Crippen molar-refractivity contribution in [1.82, 2.24) is 0 Å². The maximum atomic E-state index is 12.7. The molecular weight excluding hydrogens is 159 g/mol. The lowest BCUT2D eigenvalue weighted by atomic mass is 10.1. The molecule has 0 aliphatic carbocycles. The Balaban J connectivity index is 3.07. The molecule has 1 aromatic carbocycles. The molecule has 1 rings (SSSR count). The summed E-state index contributed by atoms with van der Waals surface area (Å²) in [5.41, 5.74) is 11.1. The fourth-order valence-corrected chi connectivity index (χ4v) is 0.958. The molecule has 0 radical (unpaired) electrons. The summed E-state index contributed by atoms with van der Waals surface area (Å²) in [5, 5.41) is 9.19. The zero-order valence-electron chi connectivity index (χ0n) is 6.50. The van der Waals surface area contributed by atoms with E-state index in [0.717, 1.165) is 0 Å². The van der Waals surface area contributed by atoms with Crippen LogP contribution < -0.4 is 11.5 Å². The normalized spacial score (nSPS) is 12.9. The maximum Gasteiger partial charge on any atom is 0.165 e. The van der Waals surface area contributed by atoms with E-state index in [1.807, 2.05) is 0 Å². The molecule has 0 bridgehead atoms. The van der Waals surface area contributed by atoms with Crippen molar-refractivity contribution in [1.29, 1.82) is 0 Å². The summed E-state index contributed by atoms with van der Waals surface area (Å²) in [5.74, 6) is -1.08. The SMILES string of the molecule is NC[C@@H](N)c1cccc(F)c1O. The van der Waals surface area contributed by atoms with Crippen molar-refractivity contribution in [2.45, 2.75) is 6.04 Å². The average molecular weight is 170 g/mol. The maximum absolute atomic E-state index is 12.7. The van der Waals surface area contributed by atoms with Gasteiger partial charge in [0, 0.05) is 18.2 Å². The largest absolute Gasteiger partial charge is 0.505 e. The van der Waals surface area contributed by atoms with Crippen LogP contribution in [0.4, 0.5) is 4.39 Å². The highest BCUT2D eigenvalue weighted by atomic mass is 19.1. The van der Waals surface area contributed by atoms with Crippen LogP contribution in [0.3, 0.4) is 0 Å². The van der Waals surface area contributed by atoms with E-state index in [0.29, 0.717) is 5.56 Å². The summed E-state index contributed by atoms with van der Waals surface area (Å²) < 4.78 is 12.7. The van der Waals surface area contributed by atoms with E-state index in [1.54, 1.807) is 6.07 Å². The Morgan fingerprint density at radius 3 is 2.75 bits per heavy atom. The van der Waals surface area contributed by atoms with Crippen LogP contribution in [0.2, 0.25) is 0 Å². The number of hydrogen-bond acceptors (Lipinski definition) is 3. The van der Waals surface area contributed by atoms with E-state index in [2.05, 4.69) is 0 Å². The lowest BCUT2D eigenvalue weighted by molar-refractivity contribution is 0.421. The van der Waals surface area contributed by atoms with E-state index in [4.69, 9.17) is 11.5 Å². The van der Waals surface area contributed by atoms with Gasteiger partial charge >= 0.3 is 0 Å². The number of nitrogens with two attached hydrogens (primary N) is 2. The van der Waals surface area contributed by atoms with Gasteiger partial charge in [0.1, 0.15) is 0 Å². The molecule has 0 unspecified atom stereocenters. The summed E-state index contributed by atoms with van der Waals surface area (Å²) >= 11 is 0. The van der Waals surface area contributed by atoms with Crippen molar-refractivity contribution in [3.8, 4) is 5.75 Å². The van der Waals surface area contributed by atoms with Crippen molar-refractivity contribution in [3.63, 3.8) is 0 Å². The second-order valence-corrected chi connectivity index (χ2v) is 2.52. The first-order valence-electron chi connectivity index (χ1n) is 3.60. The first-order valence-corrected chi connectivity index (χ1v) is 3.60. The minimum absolute atomic E-state index is 0.178. The number of phenols is 1. The van der Waals surface area contributed by atoms with Crippen molar-refractivity contribution in [2.24, 2.45) is 11.5 Å². The molecule has 5 N–H and O–H groups in total. The van der Waals surface area contributed by atoms with Crippen LogP contribution in [0.25, 0.3) is 0 Å². The summed E-state index contributed by atoms with van der Waals surface area (Å²) in [7, 11) is 0. The molecule has 3 nitrogen and oxygen atoms in total. The number of para-hydroxylation sites is 1. The number of halogens is 1. The van der Waals surface area contributed by atoms with Gasteiger partial charge < -0.3 is 16.6 Å². The molecule has 0 aromatic heterocycles. The Bertz CT molecular complexity index is 278. The average Bonchev–Trinajstić information content (AvgIpc) is 2.08. The van der Waals surface area contributed by atoms with Crippen LogP contribution >= 0.6 is 0 Å². The monoisotopic (exact) mass is 170 g/mol. The molecule has 12 heavy (non-hydrogen) atoms. The van der Waals surface area contributed by atoms with Crippen molar-refractivity contribution in [3.05, 3.63) is 29.6 Å². The summed E-state index contributed by atoms with van der Waals surface area (Å²) in [6.07, 6.45) is 0. The summed E-state index contributed by atoms with van der Waals surface area (Å²) in [6, 6.07) is 3.69. The molecule has 0 spiro atoms. The third-order valence-electron chi connectivity index (χ3n) is 1.67. The third kappa shape index (κ3) is 1.54. The first kappa shape index (κ1) is 8.96. The van der Waals surface area contributed by atoms with Crippen molar-refractivity contribution in [2.75, 3.05) is 6.54 Å². The van der Waals surface area contributed by atoms with Crippen LogP contribution in [0, 0.1) is 5.82 Å². The molecular formula is C8H11FN2O. The highest BCUT2D eigenvalue weighted by Gasteiger charge is 2.11. The lowest BCUT2D eigenvalue weighted by Crippen LogP contribution is -2.20. The molecule has 0 amide bonds. The van der Waals surface area contributed by atoms with Gasteiger partial charge in [-0.2, -0.15) is 0 Å². The molecule has 0 saturated heterocycles. The number of benzene rings is 1. The molecule has 4 heteroatoms. The highest BCUT2D eigenvalue weighted by Crippen LogP contribution is 2.24. The van der Waals surface area contributed by atoms with Crippen LogP contribution in [-0.2, 0) is 0 Å². The molecule has 1 atom stereocenters. The molecule has 0 fully saturated rings. The smallest absolute Gasteiger partial charge is 0.165 e. The van der Waals surface area contributed by atoms with Gasteiger partial charge in [0.15, 0.2) is 11.6 Å². The van der Waals surface area contributed by atoms with Crippen LogP contribution in [0.5, 0.6) is 5.75 Å². The highest BCUT2D eigenvalue weighted by molar-refractivity contribution is 5.35. The fraction of sp³-hybridized carbons (Fsp3) is 0.250. The van der Waals surface area contributed by atoms with Gasteiger partial charge in [0.2, 0.25) is 0 Å². The van der Waals surface area contributed by atoms with E-state index >= 15 is 0 Å². The van der Waals surface area contributed by atoms with Gasteiger partial charge in [0.25, 0.3) is 0 Å². The van der Waals surface area contributed by atoms with Gasteiger partial charge in [-0.25, -0.2) is 4.39 Å². The summed E-state index contributed by atoms with van der Waals surface area (Å²) in [6.45, 7) is 0.178. The van der Waals surface area contributed by atoms with Crippen molar-refractivity contribution < 1.29 is 9.50 Å². The molecule has 0 heterocycles. The standard InChI is InChI=1S/C8H11FN2O/c9-6-3-1-2-5(8(6)12)7(11)4-10/h1-3,7,12H,4,10-11H2/t7-/m1/s1. The Kier molecular flexibility index (Phi) is 2.62. The van der Waals surface area contributed by atoms with E-state index < -0.39 is 17.6 Å². The summed E-state index contributed by atoms with van der Waals surface area (Å²) in [4.78, 5) is 0. The van der Waals surface area contributed by atoms with Crippen LogP contribution in [-0.4, -0.2) is 11.7 Å².